The Morgan fingerprint density at radius 3 is 2.83 bits per heavy atom. The number of thioether (sulfide) groups is 1. The van der Waals surface area contributed by atoms with E-state index in [-0.39, 0.29) is 23.7 Å². The topological polar surface area (TPSA) is 110 Å². The first-order valence-corrected chi connectivity index (χ1v) is 10.1. The summed E-state index contributed by atoms with van der Waals surface area (Å²) in [7, 11) is 0. The van der Waals surface area contributed by atoms with Gasteiger partial charge in [-0.1, -0.05) is 65.8 Å². The van der Waals surface area contributed by atoms with Crippen LogP contribution in [0.3, 0.4) is 0 Å². The number of anilines is 1. The molecule has 8 nitrogen and oxygen atoms in total. The van der Waals surface area contributed by atoms with Crippen molar-refractivity contribution in [3.8, 4) is 0 Å². The molecule has 2 aromatic carbocycles. The molecule has 1 amide bonds. The van der Waals surface area contributed by atoms with Crippen molar-refractivity contribution in [2.45, 2.75) is 18.1 Å². The number of nitrogens with two attached hydrogens (primary N) is 1. The maximum atomic E-state index is 12.2. The molecule has 1 unspecified atom stereocenters. The van der Waals surface area contributed by atoms with E-state index in [1.54, 1.807) is 18.3 Å². The number of carbonyl (C=O) groups is 1. The number of nitrogen functional groups attached to an aromatic ring is 1. The van der Waals surface area contributed by atoms with Gasteiger partial charge in [-0.25, -0.2) is 10.1 Å². The SMILES string of the molecule is CC(NC(=O)CSc1nnc(N/N=C/c2cccc(Cl)c2)n1N)c1ccccc1. The number of carbonyl (C=O) groups excluding carboxylic acids is 1. The van der Waals surface area contributed by atoms with Crippen LogP contribution in [-0.4, -0.2) is 32.7 Å². The lowest BCUT2D eigenvalue weighted by atomic mass is 10.1. The Kier molecular flexibility index (Phi) is 7.09. The van der Waals surface area contributed by atoms with Crippen molar-refractivity contribution in [3.05, 3.63) is 70.7 Å². The Labute approximate surface area is 177 Å². The van der Waals surface area contributed by atoms with E-state index < -0.39 is 0 Å². The van der Waals surface area contributed by atoms with Crippen LogP contribution in [0, 0.1) is 0 Å². The number of hydrogen-bond acceptors (Lipinski definition) is 7. The van der Waals surface area contributed by atoms with Crippen LogP contribution in [-0.2, 0) is 4.79 Å². The van der Waals surface area contributed by atoms with Crippen LogP contribution in [0.2, 0.25) is 5.02 Å². The fraction of sp³-hybridized carbons (Fsp3) is 0.158. The number of nitrogens with zero attached hydrogens (tertiary/aromatic N) is 4. The minimum absolute atomic E-state index is 0.0851. The molecule has 0 aliphatic carbocycles. The van der Waals surface area contributed by atoms with Gasteiger partial charge < -0.3 is 11.2 Å². The molecule has 1 heterocycles. The van der Waals surface area contributed by atoms with Gasteiger partial charge in [-0.15, -0.1) is 10.2 Å². The van der Waals surface area contributed by atoms with Gasteiger partial charge in [0, 0.05) is 5.02 Å². The molecular weight excluding hydrogens is 410 g/mol. The first-order chi connectivity index (χ1) is 14.0. The Bertz CT molecular complexity index is 993. The molecular formula is C19H20ClN7OS. The van der Waals surface area contributed by atoms with E-state index in [0.717, 1.165) is 11.1 Å². The van der Waals surface area contributed by atoms with Gasteiger partial charge in [0.05, 0.1) is 18.0 Å². The quantitative estimate of drug-likeness (QED) is 0.220. The summed E-state index contributed by atoms with van der Waals surface area (Å²) >= 11 is 7.12. The summed E-state index contributed by atoms with van der Waals surface area (Å²) in [5, 5.41) is 15.9. The molecule has 29 heavy (non-hydrogen) atoms. The van der Waals surface area contributed by atoms with Gasteiger partial charge in [0.1, 0.15) is 0 Å². The van der Waals surface area contributed by atoms with Crippen LogP contribution in [0.5, 0.6) is 0 Å². The largest absolute Gasteiger partial charge is 0.349 e. The van der Waals surface area contributed by atoms with Gasteiger partial charge in [-0.05, 0) is 30.2 Å². The highest BCUT2D eigenvalue weighted by Gasteiger charge is 2.14. The average molecular weight is 430 g/mol. The maximum Gasteiger partial charge on any atom is 0.264 e. The lowest BCUT2D eigenvalue weighted by Gasteiger charge is -2.13. The van der Waals surface area contributed by atoms with Gasteiger partial charge in [-0.2, -0.15) is 5.10 Å². The molecule has 1 atom stereocenters. The number of halogens is 1. The first-order valence-electron chi connectivity index (χ1n) is 8.75. The molecule has 3 rings (SSSR count). The van der Waals surface area contributed by atoms with Crippen molar-refractivity contribution in [1.29, 1.82) is 0 Å². The molecule has 0 aliphatic heterocycles. The third-order valence-electron chi connectivity index (χ3n) is 3.90. The minimum atomic E-state index is -0.122. The monoisotopic (exact) mass is 429 g/mol. The van der Waals surface area contributed by atoms with Crippen LogP contribution in [0.15, 0.2) is 64.9 Å². The Morgan fingerprint density at radius 1 is 1.28 bits per heavy atom. The van der Waals surface area contributed by atoms with Crippen molar-refractivity contribution in [3.63, 3.8) is 0 Å². The van der Waals surface area contributed by atoms with E-state index in [0.29, 0.717) is 10.2 Å². The summed E-state index contributed by atoms with van der Waals surface area (Å²) in [5.41, 5.74) is 4.58. The predicted octanol–water partition coefficient (Wildman–Crippen LogP) is 3.06. The number of benzene rings is 2. The molecule has 0 saturated heterocycles. The smallest absolute Gasteiger partial charge is 0.264 e. The number of nitrogens with one attached hydrogen (secondary N) is 2. The van der Waals surface area contributed by atoms with Crippen molar-refractivity contribution >= 4 is 41.4 Å². The van der Waals surface area contributed by atoms with Crippen molar-refractivity contribution in [2.24, 2.45) is 5.10 Å². The number of hydrogen-bond donors (Lipinski definition) is 3. The average Bonchev–Trinajstić information content (AvgIpc) is 3.07. The van der Waals surface area contributed by atoms with E-state index in [9.17, 15) is 4.79 Å². The number of amides is 1. The molecule has 0 aliphatic rings. The molecule has 3 aromatic rings. The Hall–Kier alpha value is -3.04. The van der Waals surface area contributed by atoms with E-state index >= 15 is 0 Å². The number of hydrazone groups is 1. The summed E-state index contributed by atoms with van der Waals surface area (Å²) in [6.07, 6.45) is 1.59. The van der Waals surface area contributed by atoms with Crippen molar-refractivity contribution in [2.75, 3.05) is 17.0 Å². The fourth-order valence-corrected chi connectivity index (χ4v) is 3.31. The van der Waals surface area contributed by atoms with Crippen LogP contribution < -0.4 is 16.6 Å². The van der Waals surface area contributed by atoms with Crippen LogP contribution >= 0.6 is 23.4 Å². The fourth-order valence-electron chi connectivity index (χ4n) is 2.44. The van der Waals surface area contributed by atoms with E-state index in [1.807, 2.05) is 49.4 Å². The zero-order chi connectivity index (χ0) is 20.6. The van der Waals surface area contributed by atoms with Crippen LogP contribution in [0.4, 0.5) is 5.95 Å². The highest BCUT2D eigenvalue weighted by molar-refractivity contribution is 7.99. The second-order valence-electron chi connectivity index (χ2n) is 6.09. The Balaban J connectivity index is 1.51. The molecule has 0 radical (unpaired) electrons. The lowest BCUT2D eigenvalue weighted by molar-refractivity contribution is -0.119. The molecule has 4 N–H and O–H groups in total. The van der Waals surface area contributed by atoms with Crippen LogP contribution in [0.1, 0.15) is 24.1 Å². The molecule has 0 fully saturated rings. The molecule has 10 heteroatoms. The minimum Gasteiger partial charge on any atom is -0.349 e. The van der Waals surface area contributed by atoms with Gasteiger partial charge in [0.15, 0.2) is 0 Å². The maximum absolute atomic E-state index is 12.2. The molecule has 150 valence electrons. The van der Waals surface area contributed by atoms with E-state index in [1.165, 1.54) is 16.4 Å². The third-order valence-corrected chi connectivity index (χ3v) is 5.08. The molecule has 0 bridgehead atoms. The summed E-state index contributed by atoms with van der Waals surface area (Å²) in [5.74, 6) is 6.26. The standard InChI is InChI=1S/C19H20ClN7OS/c1-13(15-7-3-2-4-8-15)23-17(28)12-29-19-26-25-18(27(19)21)24-22-11-14-6-5-9-16(20)10-14/h2-11,13H,12,21H2,1H3,(H,23,28)(H,24,25)/b22-11+. The normalized spacial score (nSPS) is 12.1. The Morgan fingerprint density at radius 2 is 2.07 bits per heavy atom. The number of rotatable bonds is 8. The molecule has 1 aromatic heterocycles. The highest BCUT2D eigenvalue weighted by atomic mass is 35.5. The van der Waals surface area contributed by atoms with Crippen molar-refractivity contribution < 1.29 is 4.79 Å². The summed E-state index contributed by atoms with van der Waals surface area (Å²) in [6.45, 7) is 1.93. The van der Waals surface area contributed by atoms with E-state index in [4.69, 9.17) is 17.4 Å². The van der Waals surface area contributed by atoms with E-state index in [2.05, 4.69) is 26.0 Å². The highest BCUT2D eigenvalue weighted by Crippen LogP contribution is 2.17. The number of aromatic nitrogens is 3. The van der Waals surface area contributed by atoms with Gasteiger partial charge >= 0.3 is 0 Å². The first kappa shape index (κ1) is 20.7. The second-order valence-corrected chi connectivity index (χ2v) is 7.47. The lowest BCUT2D eigenvalue weighted by Crippen LogP contribution is -2.28. The van der Waals surface area contributed by atoms with Crippen molar-refractivity contribution in [1.82, 2.24) is 20.2 Å². The zero-order valence-corrected chi connectivity index (χ0v) is 17.2. The zero-order valence-electron chi connectivity index (χ0n) is 15.6. The molecule has 0 spiro atoms. The summed E-state index contributed by atoms with van der Waals surface area (Å²) in [4.78, 5) is 12.2. The molecule has 0 saturated carbocycles. The third kappa shape index (κ3) is 5.97. The summed E-state index contributed by atoms with van der Waals surface area (Å²) < 4.78 is 1.24. The van der Waals surface area contributed by atoms with Gasteiger partial charge in [0.2, 0.25) is 11.1 Å². The van der Waals surface area contributed by atoms with Gasteiger partial charge in [0.25, 0.3) is 5.95 Å². The van der Waals surface area contributed by atoms with Gasteiger partial charge in [-0.3, -0.25) is 4.79 Å². The second kappa shape index (κ2) is 9.94. The van der Waals surface area contributed by atoms with Crippen LogP contribution in [0.25, 0.3) is 0 Å². The summed E-state index contributed by atoms with van der Waals surface area (Å²) in [6, 6.07) is 16.9. The predicted molar refractivity (Wildman–Crippen MR) is 117 cm³/mol.